The third kappa shape index (κ3) is 35.4. The number of benzene rings is 14. The van der Waals surface area contributed by atoms with E-state index in [0.717, 1.165) is 44.9 Å². The third-order valence-electron chi connectivity index (χ3n) is 21.9. The van der Waals surface area contributed by atoms with Gasteiger partial charge >= 0.3 is 0 Å². The lowest BCUT2D eigenvalue weighted by Gasteiger charge is -2.05. The smallest absolute Gasteiger partial charge is 0.00975 e. The minimum atomic E-state index is 1.02. The van der Waals surface area contributed by atoms with Crippen molar-refractivity contribution in [2.24, 2.45) is 0 Å². The molecule has 0 amide bonds. The second-order valence-electron chi connectivity index (χ2n) is 32.4. The molecule has 0 radical (unpaired) electrons. The highest BCUT2D eigenvalue weighted by molar-refractivity contribution is 5.69. The zero-order valence-corrected chi connectivity index (χ0v) is 76.1. The van der Waals surface area contributed by atoms with Gasteiger partial charge in [0.15, 0.2) is 0 Å². The molecule has 0 saturated heterocycles. The predicted octanol–water partition coefficient (Wildman–Crippen LogP) is 35.3. The van der Waals surface area contributed by atoms with Gasteiger partial charge in [0.2, 0.25) is 0 Å². The van der Waals surface area contributed by atoms with Gasteiger partial charge in [-0.3, -0.25) is 0 Å². The summed E-state index contributed by atoms with van der Waals surface area (Å²) in [7, 11) is 0. The number of hydrogen-bond donors (Lipinski definition) is 0. The van der Waals surface area contributed by atoms with E-state index in [4.69, 9.17) is 0 Å². The molecule has 14 aromatic carbocycles. The first kappa shape index (κ1) is 95.5. The minimum absolute atomic E-state index is 1.02. The molecule has 0 heteroatoms. The van der Waals surface area contributed by atoms with Crippen LogP contribution in [0.3, 0.4) is 0 Å². The van der Waals surface area contributed by atoms with E-state index in [1.165, 1.54) is 220 Å². The Balaban J connectivity index is 0.000000177. The number of hydrogen-bond acceptors (Lipinski definition) is 0. The first-order valence-electron chi connectivity index (χ1n) is 45.2. The molecule has 0 N–H and O–H groups in total. The molecule has 0 bridgehead atoms. The van der Waals surface area contributed by atoms with E-state index in [1.807, 2.05) is 6.08 Å². The van der Waals surface area contributed by atoms with Crippen molar-refractivity contribution >= 4 is 0 Å². The van der Waals surface area contributed by atoms with Crippen LogP contribution < -0.4 is 0 Å². The molecule has 0 spiro atoms. The van der Waals surface area contributed by atoms with Gasteiger partial charge < -0.3 is 0 Å². The number of rotatable bonds is 28. The minimum Gasteiger partial charge on any atom is -0.103 e. The third-order valence-corrected chi connectivity index (χ3v) is 21.9. The van der Waals surface area contributed by atoms with E-state index in [1.54, 1.807) is 0 Å². The van der Waals surface area contributed by atoms with E-state index in [-0.39, 0.29) is 0 Å². The van der Waals surface area contributed by atoms with Gasteiger partial charge in [-0.1, -0.05) is 481 Å². The molecule has 0 atom stereocenters. The van der Waals surface area contributed by atoms with Crippen LogP contribution in [0, 0.1) is 48.5 Å². The summed E-state index contributed by atoms with van der Waals surface area (Å²) in [5.41, 5.74) is 37.2. The Labute approximate surface area is 738 Å². The van der Waals surface area contributed by atoms with Crippen LogP contribution in [-0.4, -0.2) is 0 Å². The van der Waals surface area contributed by atoms with Crippen LogP contribution in [0.5, 0.6) is 0 Å². The first-order valence-corrected chi connectivity index (χ1v) is 45.2. The molecule has 0 aliphatic rings. The van der Waals surface area contributed by atoms with Gasteiger partial charge in [-0.25, -0.2) is 0 Å². The lowest BCUT2D eigenvalue weighted by atomic mass is 10.0. The number of aryl methyl sites for hydroxylation is 12. The normalized spacial score (nSPS) is 10.7. The molecule has 0 aromatic heterocycles. The van der Waals surface area contributed by atoms with Gasteiger partial charge in [0.25, 0.3) is 0 Å². The molecule has 0 aliphatic carbocycles. The predicted molar refractivity (Wildman–Crippen MR) is 540 cm³/mol. The van der Waals surface area contributed by atoms with Gasteiger partial charge in [-0.05, 0) is 256 Å². The maximum absolute atomic E-state index is 3.75. The van der Waals surface area contributed by atoms with E-state index >= 15 is 0 Å². The summed E-state index contributed by atoms with van der Waals surface area (Å²) in [6.45, 7) is 31.6. The second kappa shape index (κ2) is 55.1. The average Bonchev–Trinajstić information content (AvgIpc) is 0.894. The summed E-state index contributed by atoms with van der Waals surface area (Å²) in [4.78, 5) is 0. The summed E-state index contributed by atoms with van der Waals surface area (Å²) in [6.07, 6.45) is 35.2. The first-order chi connectivity index (χ1) is 59.5. The van der Waals surface area contributed by atoms with Gasteiger partial charge in [0, 0.05) is 0 Å². The summed E-state index contributed by atoms with van der Waals surface area (Å²) >= 11 is 0. The van der Waals surface area contributed by atoms with E-state index in [2.05, 4.69) is 473 Å². The van der Waals surface area contributed by atoms with Crippen molar-refractivity contribution < 1.29 is 0 Å². The molecule has 0 fully saturated rings. The molecular formula is C122H138. The molecule has 0 nitrogen and oxygen atoms in total. The fourth-order valence-electron chi connectivity index (χ4n) is 14.0. The zero-order chi connectivity index (χ0) is 86.7. The fourth-order valence-corrected chi connectivity index (χ4v) is 14.0. The average molecular weight is 1600 g/mol. The SMILES string of the molecule is C/C=C/CCc1ccc(-c2ccc(C)cc2)cc1.C/C=C\Cc1ccc(-c2ccc(C)cc2)cc1.C=CCCc1ccc(-c2ccc(C)cc2)cc1.CC/C=C\Cc1ccc(-c2ccc(C)cc2)cc1.CCCCCc1ccc(-c2ccc(C)cc2)cc1.CCCCCc1ccc(-c2ccc(C)cc2)cc1.CCCc1ccc(-c2ccc(C)cc2)cc1. The second-order valence-corrected chi connectivity index (χ2v) is 32.4. The molecule has 14 aromatic rings. The van der Waals surface area contributed by atoms with Crippen LogP contribution in [0.25, 0.3) is 77.9 Å². The molecular weight excluding hydrogens is 1470 g/mol. The Morgan fingerprint density at radius 1 is 0.189 bits per heavy atom. The molecule has 0 saturated carbocycles. The van der Waals surface area contributed by atoms with Crippen LogP contribution in [0.4, 0.5) is 0 Å². The highest BCUT2D eigenvalue weighted by Crippen LogP contribution is 2.28. The fraction of sp³-hybridized carbons (Fsp3) is 0.246. The highest BCUT2D eigenvalue weighted by Gasteiger charge is 2.06. The Bertz CT molecular complexity index is 5130. The van der Waals surface area contributed by atoms with Crippen molar-refractivity contribution in [3.8, 4) is 77.9 Å². The standard InChI is InChI=1S/2C18H22.2C18H20.2C17H18.C16H18/c4*1-3-4-5-6-16-9-13-18(14-10-16)17-11-7-15(2)8-12-17;2*1-3-4-5-15-8-12-17(13-9-15)16-10-6-14(2)7-11-16;1-3-4-14-7-11-16(12-8-14)15-9-5-13(2)6-10-15/h2*7-14H,3-6H2,1-2H3;4-5,7-14H,3,6H2,1-2H3;3-4,7-14H,5-6H2,1-2H3;3-4,6-13H,5H2,1-2H3;3,6-13H,1,4-5H2,2H3;5-12H,3-4H2,1-2H3/b;;5-4-;4-3+;4-3-;;. The van der Waals surface area contributed by atoms with Crippen molar-refractivity contribution in [2.45, 2.75) is 199 Å². The largest absolute Gasteiger partial charge is 0.103 e. The van der Waals surface area contributed by atoms with Crippen LogP contribution in [0.1, 0.15) is 184 Å². The number of allylic oxidation sites excluding steroid dienone is 7. The summed E-state index contributed by atoms with van der Waals surface area (Å²) in [5, 5.41) is 0. The summed E-state index contributed by atoms with van der Waals surface area (Å²) < 4.78 is 0. The van der Waals surface area contributed by atoms with Crippen molar-refractivity contribution in [1.82, 2.24) is 0 Å². The lowest BCUT2D eigenvalue weighted by Crippen LogP contribution is -1.86. The Kier molecular flexibility index (Phi) is 43.1. The zero-order valence-electron chi connectivity index (χ0n) is 76.1. The van der Waals surface area contributed by atoms with Crippen molar-refractivity contribution in [3.05, 3.63) is 467 Å². The monoisotopic (exact) mass is 1600 g/mol. The van der Waals surface area contributed by atoms with Gasteiger partial charge in [-0.15, -0.1) is 6.58 Å². The molecule has 0 heterocycles. The Morgan fingerprint density at radius 3 is 0.590 bits per heavy atom. The molecule has 0 aliphatic heterocycles. The van der Waals surface area contributed by atoms with Gasteiger partial charge in [0.05, 0.1) is 0 Å². The Hall–Kier alpha value is -12.0. The topological polar surface area (TPSA) is 0 Å². The van der Waals surface area contributed by atoms with Crippen LogP contribution >= 0.6 is 0 Å². The maximum Gasteiger partial charge on any atom is -0.00975 e. The van der Waals surface area contributed by atoms with E-state index in [0.29, 0.717) is 0 Å². The van der Waals surface area contributed by atoms with E-state index < -0.39 is 0 Å². The lowest BCUT2D eigenvalue weighted by molar-refractivity contribution is 0.717. The molecule has 122 heavy (non-hydrogen) atoms. The summed E-state index contributed by atoms with van der Waals surface area (Å²) in [6, 6.07) is 123. The molecule has 0 unspecified atom stereocenters. The Morgan fingerprint density at radius 2 is 0.385 bits per heavy atom. The quantitative estimate of drug-likeness (QED) is 0.0339. The summed E-state index contributed by atoms with van der Waals surface area (Å²) in [5.74, 6) is 0. The van der Waals surface area contributed by atoms with Crippen LogP contribution in [0.15, 0.2) is 389 Å². The number of unbranched alkanes of at least 4 members (excludes halogenated alkanes) is 4. The van der Waals surface area contributed by atoms with Crippen molar-refractivity contribution in [3.63, 3.8) is 0 Å². The van der Waals surface area contributed by atoms with Gasteiger partial charge in [0.1, 0.15) is 0 Å². The molecule has 626 valence electrons. The van der Waals surface area contributed by atoms with Gasteiger partial charge in [-0.2, -0.15) is 0 Å². The van der Waals surface area contributed by atoms with Crippen LogP contribution in [0.2, 0.25) is 0 Å². The van der Waals surface area contributed by atoms with E-state index in [9.17, 15) is 0 Å². The van der Waals surface area contributed by atoms with Crippen molar-refractivity contribution in [2.75, 3.05) is 0 Å². The van der Waals surface area contributed by atoms with Crippen molar-refractivity contribution in [1.29, 1.82) is 0 Å². The highest BCUT2D eigenvalue weighted by atomic mass is 14.1. The maximum atomic E-state index is 3.75. The van der Waals surface area contributed by atoms with Crippen LogP contribution in [-0.2, 0) is 44.9 Å². The molecule has 14 rings (SSSR count).